The van der Waals surface area contributed by atoms with E-state index in [1.807, 2.05) is 0 Å². The summed E-state index contributed by atoms with van der Waals surface area (Å²) in [5.41, 5.74) is 1.36. The molecule has 1 aliphatic rings. The molecule has 1 N–H and O–H groups in total. The standard InChI is InChI=1S/C22H15FN2O5/c23-16-7-1-13(2-8-16)12-25-20(26)18(24-22(25)29)11-17-9-10-19(30-17)14-3-5-15(6-4-14)21(27)28/h1-11H,12H2,(H,24,29)(H,27,28)/p-1. The highest BCUT2D eigenvalue weighted by molar-refractivity contribution is 6.13. The fourth-order valence-corrected chi connectivity index (χ4v) is 2.99. The lowest BCUT2D eigenvalue weighted by Gasteiger charge is -2.11. The number of hydrogen-bond acceptors (Lipinski definition) is 5. The summed E-state index contributed by atoms with van der Waals surface area (Å²) in [5, 5.41) is 13.3. The number of carboxylic acids is 1. The fraction of sp³-hybridized carbons (Fsp3) is 0.0455. The second-order valence-electron chi connectivity index (χ2n) is 6.57. The number of nitrogens with zero attached hydrogens (tertiary/aromatic N) is 1. The van der Waals surface area contributed by atoms with Gasteiger partial charge >= 0.3 is 6.03 Å². The topological polar surface area (TPSA) is 103 Å². The van der Waals surface area contributed by atoms with Gasteiger partial charge in [0.15, 0.2) is 0 Å². The first kappa shape index (κ1) is 19.1. The molecule has 1 fully saturated rings. The zero-order chi connectivity index (χ0) is 21.3. The molecule has 1 aromatic heterocycles. The van der Waals surface area contributed by atoms with E-state index in [1.165, 1.54) is 42.5 Å². The molecule has 0 radical (unpaired) electrons. The smallest absolute Gasteiger partial charge is 0.329 e. The van der Waals surface area contributed by atoms with Gasteiger partial charge in [-0.2, -0.15) is 0 Å². The largest absolute Gasteiger partial charge is 0.545 e. The number of nitrogens with one attached hydrogen (secondary N) is 1. The first-order valence-corrected chi connectivity index (χ1v) is 8.91. The third-order valence-corrected chi connectivity index (χ3v) is 4.53. The van der Waals surface area contributed by atoms with Crippen molar-refractivity contribution in [3.8, 4) is 11.3 Å². The number of urea groups is 1. The maximum absolute atomic E-state index is 13.0. The van der Waals surface area contributed by atoms with Gasteiger partial charge in [0.25, 0.3) is 5.91 Å². The molecule has 4 rings (SSSR count). The summed E-state index contributed by atoms with van der Waals surface area (Å²) in [7, 11) is 0. The number of carbonyl (C=O) groups excluding carboxylic acids is 3. The second kappa shape index (κ2) is 7.67. The molecule has 7 nitrogen and oxygen atoms in total. The van der Waals surface area contributed by atoms with Crippen molar-refractivity contribution < 1.29 is 28.3 Å². The number of aromatic carboxylic acids is 1. The third kappa shape index (κ3) is 3.83. The van der Waals surface area contributed by atoms with Crippen LogP contribution in [-0.2, 0) is 11.3 Å². The first-order valence-electron chi connectivity index (χ1n) is 8.91. The van der Waals surface area contributed by atoms with Crippen LogP contribution in [0, 0.1) is 5.82 Å². The minimum Gasteiger partial charge on any atom is -0.545 e. The number of amides is 3. The molecule has 0 saturated carbocycles. The highest BCUT2D eigenvalue weighted by Gasteiger charge is 2.33. The second-order valence-corrected chi connectivity index (χ2v) is 6.57. The number of carboxylic acid groups (broad SMARTS) is 1. The van der Waals surface area contributed by atoms with E-state index in [4.69, 9.17) is 4.42 Å². The van der Waals surface area contributed by atoms with Crippen LogP contribution in [0.2, 0.25) is 0 Å². The number of imide groups is 1. The van der Waals surface area contributed by atoms with Crippen molar-refractivity contribution in [2.45, 2.75) is 6.54 Å². The molecule has 3 amide bonds. The molecular formula is C22H14FN2O5-. The van der Waals surface area contributed by atoms with Crippen molar-refractivity contribution in [1.29, 1.82) is 0 Å². The van der Waals surface area contributed by atoms with Crippen LogP contribution in [0.3, 0.4) is 0 Å². The fourth-order valence-electron chi connectivity index (χ4n) is 2.99. The Labute approximate surface area is 170 Å². The van der Waals surface area contributed by atoms with E-state index in [9.17, 15) is 23.9 Å². The molecule has 0 bridgehead atoms. The van der Waals surface area contributed by atoms with Gasteiger partial charge in [-0.25, -0.2) is 9.18 Å². The van der Waals surface area contributed by atoms with Crippen molar-refractivity contribution in [2.24, 2.45) is 0 Å². The summed E-state index contributed by atoms with van der Waals surface area (Å²) >= 11 is 0. The van der Waals surface area contributed by atoms with Crippen LogP contribution >= 0.6 is 0 Å². The average molecular weight is 405 g/mol. The Hall–Kier alpha value is -4.20. The Morgan fingerprint density at radius 1 is 1.03 bits per heavy atom. The maximum Gasteiger partial charge on any atom is 0.329 e. The van der Waals surface area contributed by atoms with Crippen molar-refractivity contribution in [3.05, 3.63) is 89.1 Å². The van der Waals surface area contributed by atoms with Gasteiger partial charge in [-0.15, -0.1) is 0 Å². The Balaban J connectivity index is 1.51. The van der Waals surface area contributed by atoms with Crippen molar-refractivity contribution in [3.63, 3.8) is 0 Å². The van der Waals surface area contributed by atoms with Crippen LogP contribution in [0.1, 0.15) is 21.7 Å². The van der Waals surface area contributed by atoms with Crippen molar-refractivity contribution in [1.82, 2.24) is 10.2 Å². The van der Waals surface area contributed by atoms with Gasteiger partial charge in [0.05, 0.1) is 12.5 Å². The van der Waals surface area contributed by atoms with Gasteiger partial charge in [-0.1, -0.05) is 36.4 Å². The summed E-state index contributed by atoms with van der Waals surface area (Å²) in [6.45, 7) is 0.0104. The maximum atomic E-state index is 13.0. The zero-order valence-electron chi connectivity index (χ0n) is 15.4. The minimum atomic E-state index is -1.27. The number of rotatable bonds is 5. The lowest BCUT2D eigenvalue weighted by atomic mass is 10.1. The van der Waals surface area contributed by atoms with Crippen LogP contribution in [0.4, 0.5) is 9.18 Å². The van der Waals surface area contributed by atoms with Crippen LogP contribution in [0.15, 0.2) is 70.8 Å². The van der Waals surface area contributed by atoms with E-state index in [2.05, 4.69) is 5.32 Å². The number of benzene rings is 2. The summed E-state index contributed by atoms with van der Waals surface area (Å²) in [6, 6.07) is 14.2. The van der Waals surface area contributed by atoms with E-state index in [0.29, 0.717) is 22.6 Å². The number of hydrogen-bond donors (Lipinski definition) is 1. The van der Waals surface area contributed by atoms with Crippen LogP contribution in [-0.4, -0.2) is 22.8 Å². The number of furan rings is 1. The molecule has 3 aromatic rings. The van der Waals surface area contributed by atoms with Crippen LogP contribution in [0.25, 0.3) is 17.4 Å². The summed E-state index contributed by atoms with van der Waals surface area (Å²) in [5.74, 6) is -1.40. The lowest BCUT2D eigenvalue weighted by Crippen LogP contribution is -2.30. The predicted octanol–water partition coefficient (Wildman–Crippen LogP) is 2.54. The molecule has 0 atom stereocenters. The zero-order valence-corrected chi connectivity index (χ0v) is 15.4. The van der Waals surface area contributed by atoms with E-state index in [0.717, 1.165) is 4.90 Å². The van der Waals surface area contributed by atoms with Gasteiger partial charge in [0.2, 0.25) is 0 Å². The molecule has 150 valence electrons. The molecule has 2 aromatic carbocycles. The normalized spacial score (nSPS) is 15.0. The van der Waals surface area contributed by atoms with Gasteiger partial charge in [-0.3, -0.25) is 9.69 Å². The quantitative estimate of drug-likeness (QED) is 0.519. The van der Waals surface area contributed by atoms with E-state index >= 15 is 0 Å². The number of carbonyl (C=O) groups is 3. The molecule has 2 heterocycles. The lowest BCUT2D eigenvalue weighted by molar-refractivity contribution is -0.255. The Morgan fingerprint density at radius 2 is 1.73 bits per heavy atom. The summed E-state index contributed by atoms with van der Waals surface area (Å²) in [4.78, 5) is 36.6. The minimum absolute atomic E-state index is 0.0104. The molecular weight excluding hydrogens is 391 g/mol. The SMILES string of the molecule is O=C([O-])c1ccc(-c2ccc(C=C3NC(=O)N(Cc4ccc(F)cc4)C3=O)o2)cc1. The molecule has 0 spiro atoms. The molecule has 30 heavy (non-hydrogen) atoms. The van der Waals surface area contributed by atoms with Gasteiger partial charge < -0.3 is 19.6 Å². The van der Waals surface area contributed by atoms with Crippen molar-refractivity contribution >= 4 is 24.0 Å². The summed E-state index contributed by atoms with van der Waals surface area (Å²) in [6.07, 6.45) is 1.41. The highest BCUT2D eigenvalue weighted by atomic mass is 19.1. The molecule has 0 aliphatic carbocycles. The molecule has 1 aliphatic heterocycles. The van der Waals surface area contributed by atoms with Crippen molar-refractivity contribution in [2.75, 3.05) is 0 Å². The van der Waals surface area contributed by atoms with E-state index < -0.39 is 23.7 Å². The van der Waals surface area contributed by atoms with E-state index in [-0.39, 0.29) is 17.8 Å². The average Bonchev–Trinajstić information content (AvgIpc) is 3.30. The monoisotopic (exact) mass is 405 g/mol. The third-order valence-electron chi connectivity index (χ3n) is 4.53. The summed E-state index contributed by atoms with van der Waals surface area (Å²) < 4.78 is 18.7. The van der Waals surface area contributed by atoms with Gasteiger partial charge in [0, 0.05) is 11.6 Å². The Morgan fingerprint density at radius 3 is 2.40 bits per heavy atom. The Bertz CT molecular complexity index is 1160. The predicted molar refractivity (Wildman–Crippen MR) is 102 cm³/mol. The van der Waals surface area contributed by atoms with Gasteiger partial charge in [0.1, 0.15) is 23.0 Å². The van der Waals surface area contributed by atoms with E-state index in [1.54, 1.807) is 24.3 Å². The van der Waals surface area contributed by atoms with Crippen LogP contribution in [0.5, 0.6) is 0 Å². The van der Waals surface area contributed by atoms with Gasteiger partial charge in [-0.05, 0) is 35.4 Å². The Kier molecular flexibility index (Phi) is 4.89. The molecule has 1 saturated heterocycles. The number of halogens is 1. The molecule has 0 unspecified atom stereocenters. The highest BCUT2D eigenvalue weighted by Crippen LogP contribution is 2.25. The van der Waals surface area contributed by atoms with Crippen LogP contribution < -0.4 is 10.4 Å². The first-order chi connectivity index (χ1) is 14.4. The molecule has 8 heteroatoms.